The van der Waals surface area contributed by atoms with Crippen LogP contribution in [0.5, 0.6) is 0 Å². The first-order valence-electron chi connectivity index (χ1n) is 16.7. The van der Waals surface area contributed by atoms with Crippen LogP contribution < -0.4 is 5.19 Å². The van der Waals surface area contributed by atoms with Crippen LogP contribution in [-0.4, -0.2) is 23.0 Å². The van der Waals surface area contributed by atoms with Gasteiger partial charge in [-0.3, -0.25) is 0 Å². The van der Waals surface area contributed by atoms with Crippen molar-refractivity contribution in [3.63, 3.8) is 0 Å². The maximum absolute atomic E-state index is 13.5. The van der Waals surface area contributed by atoms with E-state index in [-0.39, 0.29) is 25.8 Å². The summed E-state index contributed by atoms with van der Waals surface area (Å²) in [5.74, 6) is -0.560. The summed E-state index contributed by atoms with van der Waals surface area (Å²) in [5, 5.41) is 3.10. The second-order valence-electron chi connectivity index (χ2n) is 13.3. The van der Waals surface area contributed by atoms with Gasteiger partial charge in [0.15, 0.2) is 0 Å². The Bertz CT molecular complexity index is 2380. The van der Waals surface area contributed by atoms with Crippen molar-refractivity contribution in [2.24, 2.45) is 0 Å². The number of aromatic nitrogens is 3. The van der Waals surface area contributed by atoms with Gasteiger partial charge in [-0.1, -0.05) is 109 Å². The van der Waals surface area contributed by atoms with Gasteiger partial charge in [-0.05, 0) is 64.3 Å². The van der Waals surface area contributed by atoms with E-state index in [2.05, 4.69) is 103 Å². The number of halogens is 1. The van der Waals surface area contributed by atoms with E-state index >= 15 is 0 Å². The van der Waals surface area contributed by atoms with Gasteiger partial charge in [0.1, 0.15) is 0 Å². The standard InChI is InChI=1S/C23H14FN2O.C21H22NSi.Ir/c24-21-10-9-18-17-7-4-8-19(22(17)27-23(18)26-21)20-14-16(11-12-25-20)13-15-5-2-1-3-6-15;1-23(2,3)21-16-22-20(18-12-8-5-9-13-18)15-19(21)14-17-10-6-4-7-11-17;/h1-7,9-12,14H,13H2;4-12,15-16H,14H2,1-3H3;/q2*-1;. The molecule has 4 aromatic heterocycles. The number of furan rings is 1. The second kappa shape index (κ2) is 15.9. The van der Waals surface area contributed by atoms with Gasteiger partial charge in [-0.25, -0.2) is 0 Å². The molecule has 0 aliphatic heterocycles. The molecule has 0 saturated carbocycles. The Morgan fingerprint density at radius 1 is 0.667 bits per heavy atom. The fourth-order valence-electron chi connectivity index (χ4n) is 6.18. The number of hydrogen-bond acceptors (Lipinski definition) is 4. The first-order chi connectivity index (χ1) is 24.3. The molecule has 0 N–H and O–H groups in total. The second-order valence-corrected chi connectivity index (χ2v) is 18.3. The predicted molar refractivity (Wildman–Crippen MR) is 204 cm³/mol. The van der Waals surface area contributed by atoms with E-state index in [1.165, 1.54) is 27.9 Å². The van der Waals surface area contributed by atoms with Crippen LogP contribution in [-0.2, 0) is 32.9 Å². The molecule has 51 heavy (non-hydrogen) atoms. The van der Waals surface area contributed by atoms with E-state index in [1.807, 2.05) is 60.7 Å². The van der Waals surface area contributed by atoms with E-state index in [0.717, 1.165) is 51.7 Å². The Labute approximate surface area is 312 Å². The Kier molecular flexibility index (Phi) is 11.1. The van der Waals surface area contributed by atoms with Crippen LogP contribution in [0, 0.1) is 18.1 Å². The Balaban J connectivity index is 0.000000175. The molecule has 0 saturated heterocycles. The molecular formula is C44H36FIrN3OSi-2. The molecule has 7 heteroatoms. The van der Waals surface area contributed by atoms with Gasteiger partial charge in [-0.2, -0.15) is 9.37 Å². The molecule has 4 nitrogen and oxygen atoms in total. The third kappa shape index (κ3) is 8.46. The van der Waals surface area contributed by atoms with Crippen LogP contribution in [0.2, 0.25) is 19.6 Å². The van der Waals surface area contributed by atoms with Crippen LogP contribution >= 0.6 is 0 Å². The summed E-state index contributed by atoms with van der Waals surface area (Å²) in [6, 6.07) is 48.6. The summed E-state index contributed by atoms with van der Waals surface area (Å²) in [5.41, 5.74) is 9.63. The van der Waals surface area contributed by atoms with Crippen LogP contribution in [0.15, 0.2) is 144 Å². The molecule has 1 radical (unpaired) electrons. The fourth-order valence-corrected chi connectivity index (χ4v) is 7.75. The Morgan fingerprint density at radius 3 is 2.10 bits per heavy atom. The zero-order valence-electron chi connectivity index (χ0n) is 28.7. The van der Waals surface area contributed by atoms with Gasteiger partial charge in [0.2, 0.25) is 11.7 Å². The zero-order valence-corrected chi connectivity index (χ0v) is 32.0. The maximum atomic E-state index is 13.5. The first-order valence-corrected chi connectivity index (χ1v) is 20.2. The van der Waals surface area contributed by atoms with Crippen molar-refractivity contribution in [1.29, 1.82) is 0 Å². The molecular weight excluding hydrogens is 826 g/mol. The molecule has 255 valence electrons. The summed E-state index contributed by atoms with van der Waals surface area (Å²) < 4.78 is 19.3. The van der Waals surface area contributed by atoms with Crippen molar-refractivity contribution in [3.8, 4) is 22.5 Å². The van der Waals surface area contributed by atoms with Crippen LogP contribution in [0.1, 0.15) is 22.3 Å². The molecule has 0 aliphatic rings. The van der Waals surface area contributed by atoms with E-state index < -0.39 is 14.0 Å². The van der Waals surface area contributed by atoms with Gasteiger partial charge in [0, 0.05) is 37.9 Å². The summed E-state index contributed by atoms with van der Waals surface area (Å²) in [7, 11) is -1.43. The van der Waals surface area contributed by atoms with Crippen molar-refractivity contribution in [3.05, 3.63) is 180 Å². The van der Waals surface area contributed by atoms with Gasteiger partial charge in [-0.15, -0.1) is 54.1 Å². The summed E-state index contributed by atoms with van der Waals surface area (Å²) in [4.78, 5) is 13.1. The average Bonchev–Trinajstić information content (AvgIpc) is 3.50. The van der Waals surface area contributed by atoms with E-state index in [4.69, 9.17) is 9.40 Å². The average molecular weight is 862 g/mol. The summed E-state index contributed by atoms with van der Waals surface area (Å²) >= 11 is 0. The number of fused-ring (bicyclic) bond motifs is 3. The number of nitrogens with zero attached hydrogens (tertiary/aromatic N) is 3. The largest absolute Gasteiger partial charge is 0.486 e. The minimum absolute atomic E-state index is 0. The summed E-state index contributed by atoms with van der Waals surface area (Å²) in [6.07, 6.45) is 5.67. The number of benzene rings is 4. The zero-order chi connectivity index (χ0) is 34.5. The quantitative estimate of drug-likeness (QED) is 0.0910. The van der Waals surface area contributed by atoms with Crippen molar-refractivity contribution in [2.75, 3.05) is 0 Å². The molecule has 0 atom stereocenters. The number of pyridine rings is 3. The molecule has 4 aromatic carbocycles. The van der Waals surface area contributed by atoms with Crippen LogP contribution in [0.3, 0.4) is 0 Å². The molecule has 0 fully saturated rings. The van der Waals surface area contributed by atoms with Gasteiger partial charge >= 0.3 is 0 Å². The minimum atomic E-state index is -1.43. The Hall–Kier alpha value is -5.07. The van der Waals surface area contributed by atoms with E-state index in [1.54, 1.807) is 12.3 Å². The number of rotatable bonds is 7. The molecule has 0 spiro atoms. The van der Waals surface area contributed by atoms with Crippen LogP contribution in [0.4, 0.5) is 4.39 Å². The van der Waals surface area contributed by atoms with E-state index in [9.17, 15) is 4.39 Å². The van der Waals surface area contributed by atoms with Crippen molar-refractivity contribution < 1.29 is 28.9 Å². The molecule has 0 aliphatic carbocycles. The molecule has 8 rings (SSSR count). The monoisotopic (exact) mass is 862 g/mol. The van der Waals surface area contributed by atoms with Crippen molar-refractivity contribution >= 4 is 35.3 Å². The minimum Gasteiger partial charge on any atom is -0.486 e. The molecule has 0 bridgehead atoms. The number of hydrogen-bond donors (Lipinski definition) is 0. The molecule has 8 aromatic rings. The Morgan fingerprint density at radius 2 is 1.39 bits per heavy atom. The SMILES string of the molecule is C[Si](C)(C)c1cnc(-c2[c-]cccc2)cc1Cc1ccccc1.Fc1ccc2c(n1)oc1c(-c3cc(Cc4ccccc4)ccn3)[c-]ccc12.[Ir]. The van der Waals surface area contributed by atoms with Crippen LogP contribution in [0.25, 0.3) is 44.6 Å². The maximum Gasteiger partial charge on any atom is 0.218 e. The third-order valence-corrected chi connectivity index (χ3v) is 10.7. The van der Waals surface area contributed by atoms with Gasteiger partial charge < -0.3 is 14.4 Å². The van der Waals surface area contributed by atoms with Gasteiger partial charge in [0.25, 0.3) is 0 Å². The van der Waals surface area contributed by atoms with Gasteiger partial charge in [0.05, 0.1) is 13.7 Å². The first kappa shape index (κ1) is 35.7. The van der Waals surface area contributed by atoms with E-state index in [0.29, 0.717) is 5.58 Å². The molecule has 0 amide bonds. The molecule has 0 unspecified atom stereocenters. The molecule has 4 heterocycles. The predicted octanol–water partition coefficient (Wildman–Crippen LogP) is 10.3. The van der Waals surface area contributed by atoms with Crippen molar-refractivity contribution in [2.45, 2.75) is 32.5 Å². The normalized spacial score (nSPS) is 11.1. The fraction of sp³-hybridized carbons (Fsp3) is 0.114. The topological polar surface area (TPSA) is 51.8 Å². The summed E-state index contributed by atoms with van der Waals surface area (Å²) in [6.45, 7) is 7.15. The third-order valence-electron chi connectivity index (χ3n) is 8.62. The smallest absolute Gasteiger partial charge is 0.218 e. The van der Waals surface area contributed by atoms with Crippen molar-refractivity contribution in [1.82, 2.24) is 15.0 Å².